The summed E-state index contributed by atoms with van der Waals surface area (Å²) in [5, 5.41) is 8.75. The van der Waals surface area contributed by atoms with Crippen LogP contribution in [0.5, 0.6) is 0 Å². The van der Waals surface area contributed by atoms with Crippen LogP contribution in [-0.2, 0) is 9.59 Å². The third-order valence-corrected chi connectivity index (χ3v) is 9.38. The van der Waals surface area contributed by atoms with E-state index in [0.717, 1.165) is 31.1 Å². The minimum absolute atomic E-state index is 0.226. The Labute approximate surface area is 162 Å². The first-order chi connectivity index (χ1) is 12.3. The van der Waals surface area contributed by atoms with E-state index < -0.39 is 11.2 Å². The van der Waals surface area contributed by atoms with E-state index in [9.17, 15) is 14.7 Å². The fourth-order valence-electron chi connectivity index (χ4n) is 7.43. The van der Waals surface area contributed by atoms with Crippen molar-refractivity contribution in [3.63, 3.8) is 0 Å². The molecule has 4 heteroatoms. The zero-order valence-electron chi connectivity index (χ0n) is 16.0. The Morgan fingerprint density at radius 3 is 2.69 bits per heavy atom. The Balaban J connectivity index is 1.57. The van der Waals surface area contributed by atoms with E-state index in [2.05, 4.69) is 26.5 Å². The number of carboxylic acid groups (broad SMARTS) is 1. The zero-order valence-corrected chi connectivity index (χ0v) is 16.9. The van der Waals surface area contributed by atoms with Crippen LogP contribution < -0.4 is 0 Å². The molecule has 3 fully saturated rings. The molecule has 4 rings (SSSR count). The summed E-state index contributed by atoms with van der Waals surface area (Å²) in [6.45, 7) is 4.86. The lowest BCUT2D eigenvalue weighted by molar-refractivity contribution is -0.137. The summed E-state index contributed by atoms with van der Waals surface area (Å²) in [4.78, 5) is 23.2. The van der Waals surface area contributed by atoms with E-state index >= 15 is 0 Å². The van der Waals surface area contributed by atoms with Crippen LogP contribution in [0.3, 0.4) is 0 Å². The van der Waals surface area contributed by atoms with Gasteiger partial charge in [0.25, 0.3) is 0 Å². The second kappa shape index (κ2) is 6.39. The van der Waals surface area contributed by atoms with Gasteiger partial charge in [-0.15, -0.1) is 0 Å². The van der Waals surface area contributed by atoms with Gasteiger partial charge in [0.05, 0.1) is 5.25 Å². The largest absolute Gasteiger partial charge is 0.480 e. The summed E-state index contributed by atoms with van der Waals surface area (Å²) in [5.74, 6) is 2.21. The molecule has 3 saturated carbocycles. The van der Waals surface area contributed by atoms with Crippen molar-refractivity contribution >= 4 is 24.4 Å². The zero-order chi connectivity index (χ0) is 18.7. The number of thiol groups is 1. The summed E-state index contributed by atoms with van der Waals surface area (Å²) in [6, 6.07) is 0. The molecule has 0 aromatic carbocycles. The maximum Gasteiger partial charge on any atom is 0.316 e. The Morgan fingerprint density at radius 2 is 1.96 bits per heavy atom. The molecule has 0 saturated heterocycles. The van der Waals surface area contributed by atoms with Crippen LogP contribution in [0, 0.1) is 34.5 Å². The maximum absolute atomic E-state index is 11.9. The number of allylic oxidation sites excluding steroid dienone is 1. The molecule has 1 unspecified atom stereocenters. The van der Waals surface area contributed by atoms with E-state index in [1.165, 1.54) is 31.3 Å². The smallest absolute Gasteiger partial charge is 0.316 e. The first kappa shape index (κ1) is 18.6. The van der Waals surface area contributed by atoms with E-state index in [1.807, 2.05) is 6.08 Å². The van der Waals surface area contributed by atoms with Gasteiger partial charge in [0, 0.05) is 6.42 Å². The van der Waals surface area contributed by atoms with E-state index in [0.29, 0.717) is 30.5 Å². The summed E-state index contributed by atoms with van der Waals surface area (Å²) in [6.07, 6.45) is 11.6. The average molecular weight is 377 g/mol. The van der Waals surface area contributed by atoms with Gasteiger partial charge in [-0.2, -0.15) is 12.6 Å². The Hall–Kier alpha value is -0.770. The van der Waals surface area contributed by atoms with Gasteiger partial charge in [0.2, 0.25) is 0 Å². The molecule has 0 aromatic rings. The third-order valence-electron chi connectivity index (χ3n) is 8.95. The van der Waals surface area contributed by atoms with E-state index in [1.54, 1.807) is 0 Å². The van der Waals surface area contributed by atoms with E-state index in [-0.39, 0.29) is 10.8 Å². The normalized spacial score (nSPS) is 46.0. The minimum Gasteiger partial charge on any atom is -0.480 e. The van der Waals surface area contributed by atoms with Crippen LogP contribution in [0.25, 0.3) is 0 Å². The molecule has 0 spiro atoms. The van der Waals surface area contributed by atoms with E-state index in [4.69, 9.17) is 0 Å². The molecule has 0 radical (unpaired) electrons. The molecule has 0 amide bonds. The van der Waals surface area contributed by atoms with Crippen molar-refractivity contribution in [3.05, 3.63) is 11.6 Å². The van der Waals surface area contributed by atoms with Crippen LogP contribution in [0.1, 0.15) is 71.6 Å². The fourth-order valence-corrected chi connectivity index (χ4v) is 7.68. The van der Waals surface area contributed by atoms with Gasteiger partial charge in [-0.3, -0.25) is 9.59 Å². The van der Waals surface area contributed by atoms with Crippen LogP contribution in [0.4, 0.5) is 0 Å². The standard InChI is InChI=1S/C22H32O3S/c1-21-9-7-15(23)11-13(21)3-5-16-17-6-4-14(12-19(26)20(24)25)22(17,2)10-8-18(16)21/h11,14,16-19,26H,3-10,12H2,1-2H3,(H,24,25)/t14-,16-,17-,18-,19?,21-,22+/m0/s1. The molecular weight excluding hydrogens is 344 g/mol. The number of hydrogen-bond donors (Lipinski definition) is 2. The Kier molecular flexibility index (Phi) is 4.57. The number of carbonyl (C=O) groups is 2. The molecule has 0 heterocycles. The molecule has 3 nitrogen and oxygen atoms in total. The highest BCUT2D eigenvalue weighted by atomic mass is 32.1. The van der Waals surface area contributed by atoms with Gasteiger partial charge in [-0.25, -0.2) is 0 Å². The van der Waals surface area contributed by atoms with Crippen molar-refractivity contribution in [2.24, 2.45) is 34.5 Å². The van der Waals surface area contributed by atoms with Crippen LogP contribution >= 0.6 is 12.6 Å². The van der Waals surface area contributed by atoms with Crippen LogP contribution in [0.2, 0.25) is 0 Å². The SMILES string of the molecule is C[C@]12CC[C@H]3[C@@H](CCC4=CC(=O)CC[C@@]43C)[C@@H]1CC[C@H]2CC(S)C(=O)O. The molecule has 1 N–H and O–H groups in total. The predicted octanol–water partition coefficient (Wildman–Crippen LogP) is 4.91. The van der Waals surface area contributed by atoms with Crippen molar-refractivity contribution in [2.45, 2.75) is 76.9 Å². The van der Waals surface area contributed by atoms with Crippen LogP contribution in [0.15, 0.2) is 11.6 Å². The van der Waals surface area contributed by atoms with Gasteiger partial charge in [-0.1, -0.05) is 19.4 Å². The lowest BCUT2D eigenvalue weighted by atomic mass is 9.46. The minimum atomic E-state index is -0.777. The van der Waals surface area contributed by atoms with Gasteiger partial charge in [0.1, 0.15) is 0 Å². The van der Waals surface area contributed by atoms with Crippen molar-refractivity contribution < 1.29 is 14.7 Å². The van der Waals surface area contributed by atoms with Crippen molar-refractivity contribution in [1.82, 2.24) is 0 Å². The summed E-state index contributed by atoms with van der Waals surface area (Å²) in [7, 11) is 0. The summed E-state index contributed by atoms with van der Waals surface area (Å²) < 4.78 is 0. The Morgan fingerprint density at radius 1 is 1.19 bits per heavy atom. The molecule has 0 aliphatic heterocycles. The van der Waals surface area contributed by atoms with Crippen molar-refractivity contribution in [2.75, 3.05) is 0 Å². The van der Waals surface area contributed by atoms with Gasteiger partial charge in [-0.05, 0) is 91.9 Å². The van der Waals surface area contributed by atoms with Crippen molar-refractivity contribution in [1.29, 1.82) is 0 Å². The molecule has 7 atom stereocenters. The highest BCUT2D eigenvalue weighted by Gasteiger charge is 2.58. The molecule has 4 aliphatic rings. The Bertz CT molecular complexity index is 656. The monoisotopic (exact) mass is 376 g/mol. The maximum atomic E-state index is 11.9. The fraction of sp³-hybridized carbons (Fsp3) is 0.818. The number of rotatable bonds is 3. The molecule has 144 valence electrons. The van der Waals surface area contributed by atoms with Gasteiger partial charge < -0.3 is 5.11 Å². The lowest BCUT2D eigenvalue weighted by Gasteiger charge is -2.58. The predicted molar refractivity (Wildman–Crippen MR) is 105 cm³/mol. The highest BCUT2D eigenvalue weighted by Crippen LogP contribution is 2.67. The highest BCUT2D eigenvalue weighted by molar-refractivity contribution is 7.81. The first-order valence-corrected chi connectivity index (χ1v) is 10.9. The summed E-state index contributed by atoms with van der Waals surface area (Å²) in [5.41, 5.74) is 1.93. The molecule has 4 aliphatic carbocycles. The number of hydrogen-bond acceptors (Lipinski definition) is 3. The van der Waals surface area contributed by atoms with Gasteiger partial charge >= 0.3 is 5.97 Å². The van der Waals surface area contributed by atoms with Crippen LogP contribution in [-0.4, -0.2) is 22.1 Å². The van der Waals surface area contributed by atoms with Gasteiger partial charge in [0.15, 0.2) is 5.78 Å². The lowest BCUT2D eigenvalue weighted by Crippen LogP contribution is -2.50. The quantitative estimate of drug-likeness (QED) is 0.688. The number of carboxylic acids is 1. The number of fused-ring (bicyclic) bond motifs is 5. The topological polar surface area (TPSA) is 54.4 Å². The number of aliphatic carboxylic acids is 1. The third kappa shape index (κ3) is 2.70. The second-order valence-corrected chi connectivity index (χ2v) is 10.5. The molecule has 26 heavy (non-hydrogen) atoms. The molecule has 0 aromatic heterocycles. The number of ketones is 1. The molecular formula is C22H32O3S. The average Bonchev–Trinajstić information content (AvgIpc) is 2.92. The first-order valence-electron chi connectivity index (χ1n) is 10.4. The second-order valence-electron chi connectivity index (χ2n) is 9.88. The molecule has 0 bridgehead atoms. The number of carbonyl (C=O) groups excluding carboxylic acids is 1. The van der Waals surface area contributed by atoms with Crippen molar-refractivity contribution in [3.8, 4) is 0 Å². The summed E-state index contributed by atoms with van der Waals surface area (Å²) >= 11 is 4.33.